The van der Waals surface area contributed by atoms with Crippen molar-refractivity contribution in [3.05, 3.63) is 47.0 Å². The van der Waals surface area contributed by atoms with Gasteiger partial charge >= 0.3 is 6.03 Å². The molecule has 0 spiro atoms. The number of hydrogen-bond acceptors (Lipinski definition) is 19. The van der Waals surface area contributed by atoms with E-state index in [4.69, 9.17) is 23.2 Å². The number of imidazole rings is 2. The van der Waals surface area contributed by atoms with E-state index in [2.05, 4.69) is 60.9 Å². The fourth-order valence-electron chi connectivity index (χ4n) is 9.38. The molecule has 63 heavy (non-hydrogen) atoms. The lowest BCUT2D eigenvalue weighted by Gasteiger charge is -2.35. The van der Waals surface area contributed by atoms with Gasteiger partial charge in [0.15, 0.2) is 34.0 Å². The summed E-state index contributed by atoms with van der Waals surface area (Å²) in [4.78, 5) is 46.8. The molecule has 2 saturated carbocycles. The van der Waals surface area contributed by atoms with Crippen LogP contribution < -0.4 is 10.6 Å². The van der Waals surface area contributed by atoms with Gasteiger partial charge in [-0.3, -0.25) is 0 Å². The number of aliphatic hydroxyl groups excluding tert-OH is 6. The first-order chi connectivity index (χ1) is 30.5. The molecule has 0 bridgehead atoms. The Morgan fingerprint density at radius 1 is 0.635 bits per heavy atom. The van der Waals surface area contributed by atoms with Gasteiger partial charge in [-0.1, -0.05) is 0 Å². The molecule has 27 heteroatoms. The van der Waals surface area contributed by atoms with Gasteiger partial charge in [0.05, 0.1) is 50.3 Å². The van der Waals surface area contributed by atoms with Gasteiger partial charge in [-0.05, 0) is 55.3 Å². The lowest BCUT2D eigenvalue weighted by atomic mass is 10.1. The van der Waals surface area contributed by atoms with E-state index in [1.54, 1.807) is 14.0 Å². The van der Waals surface area contributed by atoms with Gasteiger partial charge in [0.25, 0.3) is 0 Å². The third kappa shape index (κ3) is 7.54. The molecule has 10 rings (SSSR count). The Balaban J connectivity index is 0.758. The van der Waals surface area contributed by atoms with E-state index in [0.717, 1.165) is 0 Å². The molecule has 8 N–H and O–H groups in total. The SMILES string of the molecule is O=C(N1CCC(Nc2nc(Cl)nc3c2ncn3[C@@H]2C[C@H](n3ncc(CO)n3)[C@@H](O)[C@H]2O)CC1)N1CC[C@@H](Nc2nc(Cl)nc3c2ncn3[C@@H]2C[C@H](n3ncc(CO)n3)[C@@H](O)[C@H]2O)C1. The first kappa shape index (κ1) is 41.6. The maximum atomic E-state index is 13.8. The van der Waals surface area contributed by atoms with Gasteiger partial charge in [0.2, 0.25) is 10.6 Å². The monoisotopic (exact) mass is 910 g/mol. The number of rotatable bonds is 10. The smallest absolute Gasteiger partial charge is 0.320 e. The van der Waals surface area contributed by atoms with Crippen molar-refractivity contribution in [2.45, 2.75) is 106 Å². The number of nitrogens with one attached hydrogen (secondary N) is 2. The van der Waals surface area contributed by atoms with Crippen LogP contribution in [0.15, 0.2) is 25.0 Å². The van der Waals surface area contributed by atoms with Crippen LogP contribution in [-0.2, 0) is 13.2 Å². The van der Waals surface area contributed by atoms with Gasteiger partial charge < -0.3 is 60.2 Å². The molecule has 2 saturated heterocycles. The van der Waals surface area contributed by atoms with Crippen LogP contribution in [0.3, 0.4) is 0 Å². The van der Waals surface area contributed by atoms with Gasteiger partial charge in [0.1, 0.15) is 47.9 Å². The zero-order valence-corrected chi connectivity index (χ0v) is 34.9. The number of carbonyl (C=O) groups is 1. The van der Waals surface area contributed by atoms with Gasteiger partial charge in [0, 0.05) is 38.3 Å². The average molecular weight is 912 g/mol. The summed E-state index contributed by atoms with van der Waals surface area (Å²) in [5.41, 5.74) is 2.30. The number of aliphatic hydroxyl groups is 6. The topological polar surface area (TPSA) is 318 Å². The minimum atomic E-state index is -1.19. The minimum Gasteiger partial charge on any atom is -0.390 e. The molecule has 334 valence electrons. The number of piperidine rings is 1. The highest BCUT2D eigenvalue weighted by Gasteiger charge is 2.47. The first-order valence-electron chi connectivity index (χ1n) is 20.6. The number of hydrogen-bond donors (Lipinski definition) is 8. The van der Waals surface area contributed by atoms with Crippen LogP contribution in [0.1, 0.15) is 67.7 Å². The van der Waals surface area contributed by atoms with Crippen LogP contribution in [-0.4, -0.2) is 178 Å². The number of aromatic nitrogens is 14. The molecule has 9 atom stereocenters. The van der Waals surface area contributed by atoms with Crippen molar-refractivity contribution in [3.8, 4) is 0 Å². The van der Waals surface area contributed by atoms with Crippen molar-refractivity contribution in [3.63, 3.8) is 0 Å². The van der Waals surface area contributed by atoms with Crippen LogP contribution in [0, 0.1) is 0 Å². The molecule has 2 amide bonds. The van der Waals surface area contributed by atoms with Gasteiger partial charge in [-0.15, -0.1) is 0 Å². The summed E-state index contributed by atoms with van der Waals surface area (Å²) in [5.74, 6) is 0.802. The van der Waals surface area contributed by atoms with Gasteiger partial charge in [-0.25, -0.2) is 14.8 Å². The molecule has 8 heterocycles. The lowest BCUT2D eigenvalue weighted by Crippen LogP contribution is -2.48. The molecule has 0 unspecified atom stereocenters. The summed E-state index contributed by atoms with van der Waals surface area (Å²) in [7, 11) is 0. The Morgan fingerprint density at radius 2 is 1.08 bits per heavy atom. The van der Waals surface area contributed by atoms with Crippen LogP contribution >= 0.6 is 23.2 Å². The zero-order chi connectivity index (χ0) is 43.7. The van der Waals surface area contributed by atoms with Crippen molar-refractivity contribution < 1.29 is 35.4 Å². The molecular weight excluding hydrogens is 867 g/mol. The maximum Gasteiger partial charge on any atom is 0.320 e. The van der Waals surface area contributed by atoms with Gasteiger partial charge in [-0.2, -0.15) is 49.9 Å². The highest BCUT2D eigenvalue weighted by Crippen LogP contribution is 2.41. The molecule has 4 aliphatic rings. The molecule has 6 aromatic rings. The molecular formula is C36H44Cl2N18O7. The molecule has 0 radical (unpaired) electrons. The largest absolute Gasteiger partial charge is 0.390 e. The number of carbonyl (C=O) groups excluding carboxylic acids is 1. The third-order valence-electron chi connectivity index (χ3n) is 12.7. The van der Waals surface area contributed by atoms with Crippen LogP contribution in [0.5, 0.6) is 0 Å². The second-order valence-corrected chi connectivity index (χ2v) is 17.1. The maximum absolute atomic E-state index is 13.8. The quantitative estimate of drug-likeness (QED) is 0.0799. The Morgan fingerprint density at radius 3 is 1.56 bits per heavy atom. The Bertz CT molecular complexity index is 2630. The Labute approximate surface area is 366 Å². The number of nitrogens with zero attached hydrogens (tertiary/aromatic N) is 16. The Hall–Kier alpha value is -5.41. The van der Waals surface area contributed by atoms with E-state index in [0.29, 0.717) is 90.8 Å². The number of anilines is 2. The molecule has 6 aromatic heterocycles. The highest BCUT2D eigenvalue weighted by atomic mass is 35.5. The standard InChI is InChI=1S/C36H44Cl2N18O7/c37-34-45-30(24-32(47-34)53(14-39-24)20-7-22(28(61)26(20)59)55-41-9-18(12-57)49-55)43-16-1-4-51(5-2-16)36(63)52-6-3-17(11-52)44-31-25-33(48-35(38)46-31)54(15-40-25)21-8-23(29(62)27(21)60)56-42-10-19(13-58)50-56/h9-10,14-17,20-23,26-29,57-62H,1-8,11-13H2,(H,43,45,47)(H,44,46,48)/t17-,20-,21-,22+,23+,26+,27+,28-,29-/m1/s1. The molecule has 4 fully saturated rings. The number of urea groups is 1. The zero-order valence-electron chi connectivity index (χ0n) is 33.4. The fourth-order valence-corrected chi connectivity index (χ4v) is 9.71. The molecule has 2 aliphatic carbocycles. The van der Waals surface area contributed by atoms with Crippen molar-refractivity contribution >= 4 is 63.2 Å². The van der Waals surface area contributed by atoms with Crippen molar-refractivity contribution in [1.82, 2.24) is 78.8 Å². The first-order valence-corrected chi connectivity index (χ1v) is 21.4. The summed E-state index contributed by atoms with van der Waals surface area (Å²) >= 11 is 12.8. The molecule has 2 aliphatic heterocycles. The number of halogens is 2. The van der Waals surface area contributed by atoms with E-state index < -0.39 is 48.6 Å². The van der Waals surface area contributed by atoms with E-state index in [9.17, 15) is 35.4 Å². The predicted molar refractivity (Wildman–Crippen MR) is 219 cm³/mol. The van der Waals surface area contributed by atoms with Crippen molar-refractivity contribution in [2.24, 2.45) is 0 Å². The lowest BCUT2D eigenvalue weighted by molar-refractivity contribution is 0.00491. The molecule has 25 nitrogen and oxygen atoms in total. The summed E-state index contributed by atoms with van der Waals surface area (Å²) in [6.45, 7) is 1.33. The van der Waals surface area contributed by atoms with Crippen LogP contribution in [0.4, 0.5) is 16.4 Å². The Kier molecular flexibility index (Phi) is 11.0. The second-order valence-electron chi connectivity index (χ2n) is 16.4. The molecule has 0 aromatic carbocycles. The minimum absolute atomic E-state index is 0.0240. The fraction of sp³-hybridized carbons (Fsp3) is 0.583. The summed E-state index contributed by atoms with van der Waals surface area (Å²) in [6.07, 6.45) is 3.55. The number of likely N-dealkylation sites (tertiary alicyclic amines) is 2. The highest BCUT2D eigenvalue weighted by molar-refractivity contribution is 6.29. The average Bonchev–Trinajstić information content (AvgIpc) is 4.15. The second kappa shape index (κ2) is 16.6. The van der Waals surface area contributed by atoms with Crippen molar-refractivity contribution in [1.29, 1.82) is 0 Å². The van der Waals surface area contributed by atoms with E-state index in [1.165, 1.54) is 34.6 Å². The third-order valence-corrected chi connectivity index (χ3v) is 13.0. The predicted octanol–water partition coefficient (Wildman–Crippen LogP) is -0.561. The summed E-state index contributed by atoms with van der Waals surface area (Å²) in [5, 5.41) is 86.3. The van der Waals surface area contributed by atoms with Crippen LogP contribution in [0.2, 0.25) is 10.6 Å². The van der Waals surface area contributed by atoms with E-state index >= 15 is 0 Å². The van der Waals surface area contributed by atoms with Crippen molar-refractivity contribution in [2.75, 3.05) is 36.8 Å². The summed E-state index contributed by atoms with van der Waals surface area (Å²) < 4.78 is 3.34. The van der Waals surface area contributed by atoms with Crippen LogP contribution in [0.25, 0.3) is 22.3 Å². The number of amides is 2. The normalized spacial score (nSPS) is 28.0. The van der Waals surface area contributed by atoms with E-state index in [-0.39, 0.29) is 54.7 Å². The number of fused-ring (bicyclic) bond motifs is 2. The van der Waals surface area contributed by atoms with E-state index in [1.807, 2.05) is 4.90 Å². The summed E-state index contributed by atoms with van der Waals surface area (Å²) in [6, 6.07) is -2.84.